The van der Waals surface area contributed by atoms with E-state index >= 15 is 0 Å². The molecule has 1 aliphatic heterocycles. The number of benzene rings is 1. The van der Waals surface area contributed by atoms with Gasteiger partial charge in [0.2, 0.25) is 0 Å². The summed E-state index contributed by atoms with van der Waals surface area (Å²) in [5, 5.41) is 4.66. The van der Waals surface area contributed by atoms with Gasteiger partial charge in [-0.1, -0.05) is 6.07 Å². The molecule has 3 amide bonds. The maximum atomic E-state index is 12.7. The topological polar surface area (TPSA) is 79.0 Å². The fourth-order valence-corrected chi connectivity index (χ4v) is 3.52. The van der Waals surface area contributed by atoms with Crippen molar-refractivity contribution in [2.24, 2.45) is 0 Å². The number of anilines is 1. The quantitative estimate of drug-likeness (QED) is 0.829. The largest absolute Gasteiger partial charge is 0.444 e. The van der Waals surface area contributed by atoms with Gasteiger partial charge in [-0.25, -0.2) is 4.79 Å². The predicted octanol–water partition coefficient (Wildman–Crippen LogP) is 3.69. The molecule has 8 heteroatoms. The minimum Gasteiger partial charge on any atom is -0.444 e. The van der Waals surface area contributed by atoms with Crippen LogP contribution in [-0.4, -0.2) is 59.5 Å². The van der Waals surface area contributed by atoms with Gasteiger partial charge in [0.25, 0.3) is 11.8 Å². The van der Waals surface area contributed by atoms with Crippen molar-refractivity contribution in [1.82, 2.24) is 9.80 Å². The van der Waals surface area contributed by atoms with E-state index in [0.29, 0.717) is 42.3 Å². The number of piperazine rings is 1. The lowest BCUT2D eigenvalue weighted by molar-refractivity contribution is 0.0141. The second kappa shape index (κ2) is 8.65. The van der Waals surface area contributed by atoms with Crippen LogP contribution < -0.4 is 5.32 Å². The van der Waals surface area contributed by atoms with Gasteiger partial charge in [0, 0.05) is 37.4 Å². The summed E-state index contributed by atoms with van der Waals surface area (Å²) in [4.78, 5) is 40.9. The van der Waals surface area contributed by atoms with Crippen molar-refractivity contribution in [3.8, 4) is 0 Å². The highest BCUT2D eigenvalue weighted by Crippen LogP contribution is 2.17. The van der Waals surface area contributed by atoms with E-state index in [9.17, 15) is 14.4 Å². The van der Waals surface area contributed by atoms with Crippen LogP contribution in [0.1, 0.15) is 40.8 Å². The Morgan fingerprint density at radius 3 is 2.14 bits per heavy atom. The third-order valence-electron chi connectivity index (χ3n) is 4.35. The fourth-order valence-electron chi connectivity index (χ4n) is 2.90. The Bertz CT molecular complexity index is 864. The molecule has 0 atom stereocenters. The summed E-state index contributed by atoms with van der Waals surface area (Å²) in [5.41, 5.74) is 0.643. The lowest BCUT2D eigenvalue weighted by atomic mass is 10.1. The van der Waals surface area contributed by atoms with Crippen LogP contribution in [0.15, 0.2) is 41.8 Å². The zero-order valence-electron chi connectivity index (χ0n) is 16.8. The molecule has 0 saturated carbocycles. The summed E-state index contributed by atoms with van der Waals surface area (Å²) in [6, 6.07) is 10.4. The Balaban J connectivity index is 1.53. The minimum absolute atomic E-state index is 0.0926. The van der Waals surface area contributed by atoms with E-state index in [4.69, 9.17) is 4.74 Å². The normalized spacial score (nSPS) is 14.4. The molecule has 1 aromatic heterocycles. The van der Waals surface area contributed by atoms with Crippen molar-refractivity contribution in [1.29, 1.82) is 0 Å². The minimum atomic E-state index is -0.537. The van der Waals surface area contributed by atoms with Crippen molar-refractivity contribution >= 4 is 34.9 Å². The Labute approximate surface area is 174 Å². The number of carbonyl (C=O) groups is 3. The summed E-state index contributed by atoms with van der Waals surface area (Å²) < 4.78 is 5.38. The van der Waals surface area contributed by atoms with Gasteiger partial charge >= 0.3 is 6.09 Å². The Kier molecular flexibility index (Phi) is 6.22. The fraction of sp³-hybridized carbons (Fsp3) is 0.381. The first-order chi connectivity index (χ1) is 13.7. The molecule has 1 aliphatic rings. The van der Waals surface area contributed by atoms with Gasteiger partial charge in [-0.15, -0.1) is 11.3 Å². The highest BCUT2D eigenvalue weighted by molar-refractivity contribution is 7.12. The van der Waals surface area contributed by atoms with Crippen LogP contribution in [-0.2, 0) is 4.74 Å². The average molecular weight is 416 g/mol. The first-order valence-electron chi connectivity index (χ1n) is 9.45. The molecule has 0 spiro atoms. The predicted molar refractivity (Wildman–Crippen MR) is 112 cm³/mol. The molecule has 29 heavy (non-hydrogen) atoms. The summed E-state index contributed by atoms with van der Waals surface area (Å²) in [6.45, 7) is 7.28. The number of hydrogen-bond acceptors (Lipinski definition) is 5. The van der Waals surface area contributed by atoms with Gasteiger partial charge in [-0.05, 0) is 56.5 Å². The monoisotopic (exact) mass is 415 g/mol. The lowest BCUT2D eigenvalue weighted by Crippen LogP contribution is -2.51. The van der Waals surface area contributed by atoms with E-state index in [1.807, 2.05) is 32.2 Å². The third kappa shape index (κ3) is 5.57. The first kappa shape index (κ1) is 20.9. The van der Waals surface area contributed by atoms with Crippen LogP contribution in [0.25, 0.3) is 0 Å². The van der Waals surface area contributed by atoms with Gasteiger partial charge in [0.05, 0.1) is 4.88 Å². The highest BCUT2D eigenvalue weighted by Gasteiger charge is 2.28. The number of hydrogen-bond donors (Lipinski definition) is 1. The van der Waals surface area contributed by atoms with Gasteiger partial charge in [-0.3, -0.25) is 9.59 Å². The molecule has 0 unspecified atom stereocenters. The standard InChI is InChI=1S/C21H25N3O4S/c1-21(2,3)28-20(27)24-12-10-23(11-13-24)19(26)15-6-8-16(9-7-15)22-18(25)17-5-4-14-29-17/h4-9,14H,10-13H2,1-3H3,(H,22,25). The van der Waals surface area contributed by atoms with Crippen LogP contribution in [0.5, 0.6) is 0 Å². The van der Waals surface area contributed by atoms with Crippen LogP contribution in [0.4, 0.5) is 10.5 Å². The molecule has 1 fully saturated rings. The number of rotatable bonds is 3. The van der Waals surface area contributed by atoms with E-state index in [0.717, 1.165) is 0 Å². The second-order valence-corrected chi connectivity index (χ2v) is 8.72. The van der Waals surface area contributed by atoms with Gasteiger partial charge in [0.1, 0.15) is 5.60 Å². The molecule has 0 aliphatic carbocycles. The molecule has 2 heterocycles. The molecule has 1 N–H and O–H groups in total. The SMILES string of the molecule is CC(C)(C)OC(=O)N1CCN(C(=O)c2ccc(NC(=O)c3cccs3)cc2)CC1. The number of nitrogens with zero attached hydrogens (tertiary/aromatic N) is 2. The smallest absolute Gasteiger partial charge is 0.410 e. The molecule has 1 saturated heterocycles. The van der Waals surface area contributed by atoms with Crippen molar-refractivity contribution < 1.29 is 19.1 Å². The number of nitrogens with one attached hydrogen (secondary N) is 1. The van der Waals surface area contributed by atoms with Gasteiger partial charge < -0.3 is 19.9 Å². The molecule has 1 aromatic carbocycles. The molecular formula is C21H25N3O4S. The maximum absolute atomic E-state index is 12.7. The van der Waals surface area contributed by atoms with Crippen LogP contribution in [0.3, 0.4) is 0 Å². The third-order valence-corrected chi connectivity index (χ3v) is 5.22. The Hall–Kier alpha value is -2.87. The van der Waals surface area contributed by atoms with Crippen LogP contribution in [0.2, 0.25) is 0 Å². The van der Waals surface area contributed by atoms with E-state index in [2.05, 4.69) is 5.32 Å². The Morgan fingerprint density at radius 2 is 1.59 bits per heavy atom. The molecule has 3 rings (SSSR count). The highest BCUT2D eigenvalue weighted by atomic mass is 32.1. The number of amides is 3. The maximum Gasteiger partial charge on any atom is 0.410 e. The Morgan fingerprint density at radius 1 is 0.966 bits per heavy atom. The molecule has 7 nitrogen and oxygen atoms in total. The molecule has 154 valence electrons. The van der Waals surface area contributed by atoms with Crippen molar-refractivity contribution in [2.45, 2.75) is 26.4 Å². The number of thiophene rings is 1. The van der Waals surface area contributed by atoms with Crippen molar-refractivity contribution in [2.75, 3.05) is 31.5 Å². The number of ether oxygens (including phenoxy) is 1. The van der Waals surface area contributed by atoms with Crippen molar-refractivity contribution in [3.05, 3.63) is 52.2 Å². The van der Waals surface area contributed by atoms with Gasteiger partial charge in [-0.2, -0.15) is 0 Å². The summed E-state index contributed by atoms with van der Waals surface area (Å²) >= 11 is 1.37. The average Bonchev–Trinajstić information content (AvgIpc) is 3.22. The first-order valence-corrected chi connectivity index (χ1v) is 10.3. The molecular weight excluding hydrogens is 390 g/mol. The zero-order chi connectivity index (χ0) is 21.0. The lowest BCUT2D eigenvalue weighted by Gasteiger charge is -2.35. The molecule has 0 bridgehead atoms. The summed E-state index contributed by atoms with van der Waals surface area (Å²) in [5.74, 6) is -0.262. The van der Waals surface area contributed by atoms with Crippen LogP contribution in [0, 0.1) is 0 Å². The zero-order valence-corrected chi connectivity index (χ0v) is 17.6. The van der Waals surface area contributed by atoms with E-state index in [-0.39, 0.29) is 17.9 Å². The van der Waals surface area contributed by atoms with E-state index < -0.39 is 5.60 Å². The number of carbonyl (C=O) groups excluding carboxylic acids is 3. The second-order valence-electron chi connectivity index (χ2n) is 7.77. The van der Waals surface area contributed by atoms with Crippen molar-refractivity contribution in [3.63, 3.8) is 0 Å². The summed E-state index contributed by atoms with van der Waals surface area (Å²) in [7, 11) is 0. The van der Waals surface area contributed by atoms with E-state index in [1.165, 1.54) is 11.3 Å². The summed E-state index contributed by atoms with van der Waals surface area (Å²) in [6.07, 6.45) is -0.351. The van der Waals surface area contributed by atoms with Gasteiger partial charge in [0.15, 0.2) is 0 Å². The van der Waals surface area contributed by atoms with E-state index in [1.54, 1.807) is 40.1 Å². The van der Waals surface area contributed by atoms with Crippen LogP contribution >= 0.6 is 11.3 Å². The molecule has 0 radical (unpaired) electrons. The molecule has 2 aromatic rings.